The maximum atomic E-state index is 14.2. The molecule has 0 heterocycles. The minimum atomic E-state index is -3.80. The summed E-state index contributed by atoms with van der Waals surface area (Å²) in [5.74, 6) is -0.489. The van der Waals surface area contributed by atoms with Gasteiger partial charge in [0.15, 0.2) is 0 Å². The number of sulfonamides is 1. The molecule has 2 amide bonds. The van der Waals surface area contributed by atoms with Crippen LogP contribution in [0.5, 0.6) is 0 Å². The van der Waals surface area contributed by atoms with Crippen LogP contribution in [-0.2, 0) is 32.6 Å². The van der Waals surface area contributed by atoms with Crippen molar-refractivity contribution < 1.29 is 18.0 Å². The predicted molar refractivity (Wildman–Crippen MR) is 162 cm³/mol. The number of amides is 2. The molecule has 0 radical (unpaired) electrons. The third kappa shape index (κ3) is 8.68. The molecule has 0 unspecified atom stereocenters. The third-order valence-corrected chi connectivity index (χ3v) is 7.87. The molecule has 0 aliphatic rings. The van der Waals surface area contributed by atoms with Gasteiger partial charge in [-0.1, -0.05) is 74.5 Å². The van der Waals surface area contributed by atoms with E-state index < -0.39 is 28.5 Å². The van der Waals surface area contributed by atoms with E-state index in [1.54, 1.807) is 12.1 Å². The Balaban J connectivity index is 2.07. The highest BCUT2D eigenvalue weighted by molar-refractivity contribution is 7.92. The van der Waals surface area contributed by atoms with Crippen molar-refractivity contribution in [3.05, 3.63) is 101 Å². The zero-order valence-electron chi connectivity index (χ0n) is 24.3. The van der Waals surface area contributed by atoms with Gasteiger partial charge in [0.25, 0.3) is 0 Å². The fourth-order valence-corrected chi connectivity index (χ4v) is 5.49. The van der Waals surface area contributed by atoms with Gasteiger partial charge in [0.1, 0.15) is 12.6 Å². The molecule has 0 saturated carbocycles. The lowest BCUT2D eigenvalue weighted by Crippen LogP contribution is -2.53. The molecule has 0 saturated heterocycles. The lowest BCUT2D eigenvalue weighted by atomic mass is 10.0. The zero-order valence-corrected chi connectivity index (χ0v) is 25.2. The summed E-state index contributed by atoms with van der Waals surface area (Å²) >= 11 is 0. The van der Waals surface area contributed by atoms with Gasteiger partial charge < -0.3 is 10.2 Å². The second-order valence-corrected chi connectivity index (χ2v) is 12.8. The van der Waals surface area contributed by atoms with E-state index >= 15 is 0 Å². The minimum absolute atomic E-state index is 0.169. The Morgan fingerprint density at radius 3 is 2.05 bits per heavy atom. The summed E-state index contributed by atoms with van der Waals surface area (Å²) in [5, 5.41) is 3.00. The average molecular weight is 564 g/mol. The highest BCUT2D eigenvalue weighted by Crippen LogP contribution is 2.23. The number of nitrogens with one attached hydrogen (secondary N) is 1. The molecule has 0 aliphatic heterocycles. The molecular formula is C32H41N3O4S. The van der Waals surface area contributed by atoms with Crippen LogP contribution in [0.3, 0.4) is 0 Å². The maximum absolute atomic E-state index is 14.2. The number of hydrogen-bond acceptors (Lipinski definition) is 4. The second-order valence-electron chi connectivity index (χ2n) is 10.9. The average Bonchev–Trinajstić information content (AvgIpc) is 2.88. The number of aryl methyl sites for hydroxylation is 3. The summed E-state index contributed by atoms with van der Waals surface area (Å²) in [5.41, 5.74) is 4.99. The lowest BCUT2D eigenvalue weighted by molar-refractivity contribution is -0.140. The molecular weight excluding hydrogens is 522 g/mol. The molecule has 0 bridgehead atoms. The summed E-state index contributed by atoms with van der Waals surface area (Å²) in [6.45, 7) is 9.97. The summed E-state index contributed by atoms with van der Waals surface area (Å²) < 4.78 is 27.1. The summed E-state index contributed by atoms with van der Waals surface area (Å²) in [4.78, 5) is 29.4. The molecule has 3 aromatic carbocycles. The number of rotatable bonds is 12. The highest BCUT2D eigenvalue weighted by atomic mass is 32.2. The zero-order chi connectivity index (χ0) is 29.4. The molecule has 7 nitrogen and oxygen atoms in total. The van der Waals surface area contributed by atoms with Gasteiger partial charge in [0.05, 0.1) is 11.9 Å². The molecule has 40 heavy (non-hydrogen) atoms. The number of anilines is 1. The van der Waals surface area contributed by atoms with Crippen molar-refractivity contribution in [2.24, 2.45) is 5.92 Å². The standard InChI is InChI=1S/C32H41N3O4S/c1-23(2)20-33-32(37)30(19-27-13-8-7-9-14-27)34(21-28-15-11-10-12-26(28)5)31(36)22-35(40(6,38)39)29-17-24(3)16-25(4)18-29/h7-18,23,30H,19-22H2,1-6H3,(H,33,37)/t30-/m0/s1. The van der Waals surface area contributed by atoms with Crippen LogP contribution in [0.4, 0.5) is 5.69 Å². The van der Waals surface area contributed by atoms with E-state index in [0.29, 0.717) is 18.7 Å². The molecule has 3 aromatic rings. The summed E-state index contributed by atoms with van der Waals surface area (Å²) in [6.07, 6.45) is 1.39. The minimum Gasteiger partial charge on any atom is -0.354 e. The Bertz CT molecular complexity index is 1400. The molecule has 0 fully saturated rings. The van der Waals surface area contributed by atoms with Crippen molar-refractivity contribution in [2.45, 2.75) is 53.6 Å². The number of nitrogens with zero attached hydrogens (tertiary/aromatic N) is 2. The van der Waals surface area contributed by atoms with E-state index in [9.17, 15) is 18.0 Å². The van der Waals surface area contributed by atoms with E-state index in [2.05, 4.69) is 5.32 Å². The van der Waals surface area contributed by atoms with Crippen molar-refractivity contribution in [1.29, 1.82) is 0 Å². The maximum Gasteiger partial charge on any atom is 0.244 e. The van der Waals surface area contributed by atoms with Crippen LogP contribution in [0.15, 0.2) is 72.8 Å². The Morgan fingerprint density at radius 1 is 0.875 bits per heavy atom. The monoisotopic (exact) mass is 563 g/mol. The molecule has 8 heteroatoms. The van der Waals surface area contributed by atoms with Gasteiger partial charge in [0.2, 0.25) is 21.8 Å². The first-order valence-electron chi connectivity index (χ1n) is 13.6. The van der Waals surface area contributed by atoms with Crippen LogP contribution in [0.25, 0.3) is 0 Å². The Labute approximate surface area is 239 Å². The number of benzene rings is 3. The molecule has 0 spiro atoms. The smallest absolute Gasteiger partial charge is 0.244 e. The van der Waals surface area contributed by atoms with Gasteiger partial charge in [-0.25, -0.2) is 8.42 Å². The van der Waals surface area contributed by atoms with E-state index in [1.165, 1.54) is 4.90 Å². The van der Waals surface area contributed by atoms with E-state index in [0.717, 1.165) is 38.4 Å². The molecule has 3 rings (SSSR count). The van der Waals surface area contributed by atoms with E-state index in [-0.39, 0.29) is 18.4 Å². The first-order valence-corrected chi connectivity index (χ1v) is 15.4. The summed E-state index contributed by atoms with van der Waals surface area (Å²) in [7, 11) is -3.80. The van der Waals surface area contributed by atoms with Gasteiger partial charge in [0, 0.05) is 19.5 Å². The number of carbonyl (C=O) groups excluding carboxylic acids is 2. The van der Waals surface area contributed by atoms with Crippen LogP contribution < -0.4 is 9.62 Å². The van der Waals surface area contributed by atoms with Gasteiger partial charge in [-0.05, 0) is 66.6 Å². The van der Waals surface area contributed by atoms with Gasteiger partial charge in [-0.2, -0.15) is 0 Å². The van der Waals surface area contributed by atoms with Crippen LogP contribution in [0, 0.1) is 26.7 Å². The first-order chi connectivity index (χ1) is 18.8. The SMILES string of the molecule is Cc1cc(C)cc(N(CC(=O)N(Cc2ccccc2C)[C@@H](Cc2ccccc2)C(=O)NCC(C)C)S(C)(=O)=O)c1. The number of carbonyl (C=O) groups is 2. The van der Waals surface area contributed by atoms with Crippen molar-refractivity contribution in [3.63, 3.8) is 0 Å². The fraction of sp³-hybridized carbons (Fsp3) is 0.375. The van der Waals surface area contributed by atoms with E-state index in [4.69, 9.17) is 0 Å². The molecule has 0 aliphatic carbocycles. The molecule has 1 N–H and O–H groups in total. The highest BCUT2D eigenvalue weighted by Gasteiger charge is 2.33. The molecule has 1 atom stereocenters. The van der Waals surface area contributed by atoms with Crippen LogP contribution in [0.2, 0.25) is 0 Å². The molecule has 0 aromatic heterocycles. The van der Waals surface area contributed by atoms with Gasteiger partial charge in [-0.15, -0.1) is 0 Å². The quantitative estimate of drug-likeness (QED) is 0.343. The summed E-state index contributed by atoms with van der Waals surface area (Å²) in [6, 6.07) is 21.9. The van der Waals surface area contributed by atoms with Crippen LogP contribution in [0.1, 0.15) is 41.7 Å². The normalized spacial score (nSPS) is 12.2. The lowest BCUT2D eigenvalue weighted by Gasteiger charge is -2.34. The largest absolute Gasteiger partial charge is 0.354 e. The van der Waals surface area contributed by atoms with Crippen LogP contribution in [-0.4, -0.2) is 50.5 Å². The Kier molecular flexibility index (Phi) is 10.5. The third-order valence-electron chi connectivity index (χ3n) is 6.73. The number of hydrogen-bond donors (Lipinski definition) is 1. The van der Waals surface area contributed by atoms with Crippen molar-refractivity contribution >= 4 is 27.5 Å². The van der Waals surface area contributed by atoms with Gasteiger partial charge >= 0.3 is 0 Å². The van der Waals surface area contributed by atoms with E-state index in [1.807, 2.05) is 95.3 Å². The Morgan fingerprint density at radius 2 is 1.48 bits per heavy atom. The Hall–Kier alpha value is -3.65. The second kappa shape index (κ2) is 13.6. The topological polar surface area (TPSA) is 86.8 Å². The van der Waals surface area contributed by atoms with Gasteiger partial charge in [-0.3, -0.25) is 13.9 Å². The predicted octanol–water partition coefficient (Wildman–Crippen LogP) is 4.79. The molecule has 214 valence electrons. The first kappa shape index (κ1) is 30.9. The van der Waals surface area contributed by atoms with Crippen molar-refractivity contribution in [2.75, 3.05) is 23.7 Å². The fourth-order valence-electron chi connectivity index (χ4n) is 4.66. The van der Waals surface area contributed by atoms with Crippen molar-refractivity contribution in [1.82, 2.24) is 10.2 Å². The van der Waals surface area contributed by atoms with Crippen LogP contribution >= 0.6 is 0 Å². The van der Waals surface area contributed by atoms with Crippen molar-refractivity contribution in [3.8, 4) is 0 Å².